The van der Waals surface area contributed by atoms with Crippen molar-refractivity contribution in [2.45, 2.75) is 19.9 Å². The molecule has 0 aromatic carbocycles. The molecule has 0 aromatic heterocycles. The van der Waals surface area contributed by atoms with Crippen molar-refractivity contribution in [2.24, 2.45) is 5.92 Å². The van der Waals surface area contributed by atoms with Gasteiger partial charge in [-0.05, 0) is 19.9 Å². The predicted molar refractivity (Wildman–Crippen MR) is 53.3 cm³/mol. The van der Waals surface area contributed by atoms with Crippen LogP contribution in [0.1, 0.15) is 13.8 Å². The van der Waals surface area contributed by atoms with Gasteiger partial charge in [0.05, 0.1) is 0 Å². The van der Waals surface area contributed by atoms with Crippen molar-refractivity contribution in [3.8, 4) is 0 Å². The highest BCUT2D eigenvalue weighted by molar-refractivity contribution is 4.94. The molecule has 2 heteroatoms. The van der Waals surface area contributed by atoms with Crippen molar-refractivity contribution in [3.05, 3.63) is 12.2 Å². The largest absolute Gasteiger partial charge is 0.309 e. The first-order valence-corrected chi connectivity index (χ1v) is 4.66. The standard InChI is InChI=1S/C10H20N2/c1-8(2)5-11-10-7-12(4)6-9(10)3/h9-11H,1,5-7H2,2-4H3. The summed E-state index contributed by atoms with van der Waals surface area (Å²) in [5.74, 6) is 0.773. The molecule has 2 unspecified atom stereocenters. The minimum Gasteiger partial charge on any atom is -0.309 e. The number of hydrogen-bond donors (Lipinski definition) is 1. The predicted octanol–water partition coefficient (Wildman–Crippen LogP) is 1.10. The quantitative estimate of drug-likeness (QED) is 0.635. The lowest BCUT2D eigenvalue weighted by Crippen LogP contribution is -2.35. The Bertz CT molecular complexity index is 165. The van der Waals surface area contributed by atoms with Crippen molar-refractivity contribution < 1.29 is 0 Å². The van der Waals surface area contributed by atoms with Gasteiger partial charge in [0.25, 0.3) is 0 Å². The summed E-state index contributed by atoms with van der Waals surface area (Å²) in [4.78, 5) is 2.38. The van der Waals surface area contributed by atoms with Crippen LogP contribution in [0.3, 0.4) is 0 Å². The normalized spacial score (nSPS) is 30.9. The molecular weight excluding hydrogens is 148 g/mol. The number of nitrogens with zero attached hydrogens (tertiary/aromatic N) is 1. The van der Waals surface area contributed by atoms with Crippen LogP contribution < -0.4 is 5.32 Å². The highest BCUT2D eigenvalue weighted by atomic mass is 15.2. The second-order valence-electron chi connectivity index (χ2n) is 4.14. The topological polar surface area (TPSA) is 15.3 Å². The lowest BCUT2D eigenvalue weighted by molar-refractivity contribution is 0.397. The van der Waals surface area contributed by atoms with E-state index in [-0.39, 0.29) is 0 Å². The van der Waals surface area contributed by atoms with Gasteiger partial charge in [-0.2, -0.15) is 0 Å². The molecule has 1 aliphatic heterocycles. The smallest absolute Gasteiger partial charge is 0.0235 e. The van der Waals surface area contributed by atoms with E-state index >= 15 is 0 Å². The SMILES string of the molecule is C=C(C)CNC1CN(C)CC1C. The maximum absolute atomic E-state index is 3.88. The third-order valence-electron chi connectivity index (χ3n) is 2.46. The summed E-state index contributed by atoms with van der Waals surface area (Å²) in [5.41, 5.74) is 1.22. The number of hydrogen-bond acceptors (Lipinski definition) is 2. The summed E-state index contributed by atoms with van der Waals surface area (Å²) < 4.78 is 0. The van der Waals surface area contributed by atoms with E-state index in [9.17, 15) is 0 Å². The highest BCUT2D eigenvalue weighted by Gasteiger charge is 2.26. The lowest BCUT2D eigenvalue weighted by atomic mass is 10.1. The van der Waals surface area contributed by atoms with E-state index in [0.29, 0.717) is 6.04 Å². The second-order valence-corrected chi connectivity index (χ2v) is 4.14. The summed E-state index contributed by atoms with van der Waals surface area (Å²) in [5, 5.41) is 3.52. The number of likely N-dealkylation sites (tertiary alicyclic amines) is 1. The summed E-state index contributed by atoms with van der Waals surface area (Å²) in [6.07, 6.45) is 0. The minimum absolute atomic E-state index is 0.659. The molecule has 0 aromatic rings. The van der Waals surface area contributed by atoms with Gasteiger partial charge in [-0.1, -0.05) is 19.1 Å². The third kappa shape index (κ3) is 2.61. The Balaban J connectivity index is 2.28. The number of nitrogens with one attached hydrogen (secondary N) is 1. The van der Waals surface area contributed by atoms with Gasteiger partial charge in [0.1, 0.15) is 0 Å². The average molecular weight is 168 g/mol. The van der Waals surface area contributed by atoms with Crippen molar-refractivity contribution in [3.63, 3.8) is 0 Å². The van der Waals surface area contributed by atoms with Gasteiger partial charge >= 0.3 is 0 Å². The van der Waals surface area contributed by atoms with Gasteiger partial charge in [-0.15, -0.1) is 0 Å². The van der Waals surface area contributed by atoms with Crippen molar-refractivity contribution >= 4 is 0 Å². The van der Waals surface area contributed by atoms with E-state index in [1.54, 1.807) is 0 Å². The van der Waals surface area contributed by atoms with Gasteiger partial charge in [0.15, 0.2) is 0 Å². The fraction of sp³-hybridized carbons (Fsp3) is 0.800. The van der Waals surface area contributed by atoms with Crippen LogP contribution in [0.2, 0.25) is 0 Å². The van der Waals surface area contributed by atoms with Crippen LogP contribution in [-0.2, 0) is 0 Å². The molecule has 1 heterocycles. The Morgan fingerprint density at radius 3 is 2.67 bits per heavy atom. The maximum atomic E-state index is 3.88. The Kier molecular flexibility index (Phi) is 3.29. The zero-order chi connectivity index (χ0) is 9.14. The molecule has 0 bridgehead atoms. The van der Waals surface area contributed by atoms with Crippen molar-refractivity contribution in [1.29, 1.82) is 0 Å². The van der Waals surface area contributed by atoms with Crippen LogP contribution in [-0.4, -0.2) is 37.6 Å². The van der Waals surface area contributed by atoms with E-state index in [2.05, 4.69) is 37.7 Å². The molecule has 1 N–H and O–H groups in total. The lowest BCUT2D eigenvalue weighted by Gasteiger charge is -2.15. The molecule has 70 valence electrons. The summed E-state index contributed by atoms with van der Waals surface area (Å²) >= 11 is 0. The van der Waals surface area contributed by atoms with Crippen LogP contribution in [0.15, 0.2) is 12.2 Å². The van der Waals surface area contributed by atoms with E-state index in [1.165, 1.54) is 18.7 Å². The zero-order valence-corrected chi connectivity index (χ0v) is 8.43. The van der Waals surface area contributed by atoms with Gasteiger partial charge in [-0.25, -0.2) is 0 Å². The molecule has 1 saturated heterocycles. The van der Waals surface area contributed by atoms with Crippen LogP contribution in [0.5, 0.6) is 0 Å². The van der Waals surface area contributed by atoms with Crippen LogP contribution in [0, 0.1) is 5.92 Å². The van der Waals surface area contributed by atoms with Crippen LogP contribution in [0.25, 0.3) is 0 Å². The van der Waals surface area contributed by atoms with Gasteiger partial charge in [0.2, 0.25) is 0 Å². The first-order chi connectivity index (χ1) is 5.59. The number of likely N-dealkylation sites (N-methyl/N-ethyl adjacent to an activating group) is 1. The molecule has 1 aliphatic rings. The molecule has 1 fully saturated rings. The van der Waals surface area contributed by atoms with Crippen LogP contribution in [0.4, 0.5) is 0 Å². The molecule has 2 atom stereocenters. The molecule has 2 nitrogen and oxygen atoms in total. The maximum Gasteiger partial charge on any atom is 0.0235 e. The zero-order valence-electron chi connectivity index (χ0n) is 8.43. The Morgan fingerprint density at radius 1 is 1.58 bits per heavy atom. The Labute approximate surface area is 75.6 Å². The molecule has 0 radical (unpaired) electrons. The molecule has 12 heavy (non-hydrogen) atoms. The van der Waals surface area contributed by atoms with E-state index in [1.807, 2.05) is 0 Å². The number of rotatable bonds is 3. The summed E-state index contributed by atoms with van der Waals surface area (Å²) in [6, 6.07) is 0.659. The molecule has 1 rings (SSSR count). The first kappa shape index (κ1) is 9.75. The Hall–Kier alpha value is -0.340. The van der Waals surface area contributed by atoms with Gasteiger partial charge in [-0.3, -0.25) is 0 Å². The van der Waals surface area contributed by atoms with E-state index < -0.39 is 0 Å². The van der Waals surface area contributed by atoms with Crippen LogP contribution >= 0.6 is 0 Å². The fourth-order valence-electron chi connectivity index (χ4n) is 1.78. The molecule has 0 amide bonds. The minimum atomic E-state index is 0.659. The molecule has 0 spiro atoms. The molecular formula is C10H20N2. The third-order valence-corrected chi connectivity index (χ3v) is 2.46. The highest BCUT2D eigenvalue weighted by Crippen LogP contribution is 2.14. The summed E-state index contributed by atoms with van der Waals surface area (Å²) in [7, 11) is 2.18. The Morgan fingerprint density at radius 2 is 2.25 bits per heavy atom. The van der Waals surface area contributed by atoms with Gasteiger partial charge in [0, 0.05) is 25.7 Å². The van der Waals surface area contributed by atoms with Crippen molar-refractivity contribution in [2.75, 3.05) is 26.7 Å². The average Bonchev–Trinajstić information content (AvgIpc) is 2.26. The second kappa shape index (κ2) is 4.06. The van der Waals surface area contributed by atoms with E-state index in [4.69, 9.17) is 0 Å². The molecule has 0 saturated carbocycles. The first-order valence-electron chi connectivity index (χ1n) is 4.66. The van der Waals surface area contributed by atoms with E-state index in [0.717, 1.165) is 12.5 Å². The van der Waals surface area contributed by atoms with Crippen molar-refractivity contribution in [1.82, 2.24) is 10.2 Å². The summed E-state index contributed by atoms with van der Waals surface area (Å²) in [6.45, 7) is 11.6. The van der Waals surface area contributed by atoms with Gasteiger partial charge < -0.3 is 10.2 Å². The monoisotopic (exact) mass is 168 g/mol. The fourth-order valence-corrected chi connectivity index (χ4v) is 1.78. The molecule has 0 aliphatic carbocycles.